The number of carbonyl (C=O) groups excluding carboxylic acids is 1. The van der Waals surface area contributed by atoms with Crippen LogP contribution in [0.1, 0.15) is 50.4 Å². The summed E-state index contributed by atoms with van der Waals surface area (Å²) in [5, 5.41) is 4.05. The largest absolute Gasteiger partial charge is 0.339 e. The Balaban J connectivity index is 1.80. The molecule has 1 fully saturated rings. The summed E-state index contributed by atoms with van der Waals surface area (Å²) in [5.41, 5.74) is 1.95. The first kappa shape index (κ1) is 14.8. The first-order valence-corrected chi connectivity index (χ1v) is 7.56. The Hall–Kier alpha value is -2.17. The molecule has 0 N–H and O–H groups in total. The fourth-order valence-electron chi connectivity index (χ4n) is 2.55. The summed E-state index contributed by atoms with van der Waals surface area (Å²) in [6.45, 7) is 8.75. The van der Waals surface area contributed by atoms with Gasteiger partial charge in [-0.2, -0.15) is 4.98 Å². The van der Waals surface area contributed by atoms with Crippen molar-refractivity contribution in [2.75, 3.05) is 11.4 Å². The highest BCUT2D eigenvalue weighted by Gasteiger charge is 2.35. The van der Waals surface area contributed by atoms with Crippen molar-refractivity contribution >= 4 is 11.6 Å². The van der Waals surface area contributed by atoms with Gasteiger partial charge in [0.15, 0.2) is 5.82 Å². The maximum atomic E-state index is 12.3. The molecule has 3 rings (SSSR count). The smallest absolute Gasteiger partial charge is 0.232 e. The molecule has 1 aromatic heterocycles. The van der Waals surface area contributed by atoms with Crippen molar-refractivity contribution in [2.24, 2.45) is 0 Å². The Kier molecular flexibility index (Phi) is 3.51. The van der Waals surface area contributed by atoms with Gasteiger partial charge in [-0.25, -0.2) is 0 Å². The monoisotopic (exact) mass is 299 g/mol. The molecule has 1 saturated heterocycles. The summed E-state index contributed by atoms with van der Waals surface area (Å²) in [6, 6.07) is 7.98. The molecule has 1 aliphatic rings. The van der Waals surface area contributed by atoms with E-state index in [4.69, 9.17) is 4.52 Å². The quantitative estimate of drug-likeness (QED) is 0.854. The third-order valence-electron chi connectivity index (χ3n) is 3.93. The van der Waals surface area contributed by atoms with Crippen LogP contribution in [0.15, 0.2) is 28.8 Å². The number of aryl methyl sites for hydroxylation is 1. The maximum absolute atomic E-state index is 12.3. The van der Waals surface area contributed by atoms with Crippen LogP contribution in [-0.2, 0) is 10.2 Å². The van der Waals surface area contributed by atoms with E-state index in [0.717, 1.165) is 5.69 Å². The SMILES string of the molecule is Cc1ccc(N2CC(c3nc(C(C)(C)C)no3)CC2=O)cc1. The summed E-state index contributed by atoms with van der Waals surface area (Å²) in [7, 11) is 0. The number of hydrogen-bond acceptors (Lipinski definition) is 4. The predicted octanol–water partition coefficient (Wildman–Crippen LogP) is 3.20. The van der Waals surface area contributed by atoms with Crippen LogP contribution in [-0.4, -0.2) is 22.6 Å². The van der Waals surface area contributed by atoms with Crippen LogP contribution in [0.3, 0.4) is 0 Å². The lowest BCUT2D eigenvalue weighted by Gasteiger charge is -2.16. The number of aromatic nitrogens is 2. The van der Waals surface area contributed by atoms with Gasteiger partial charge in [0.2, 0.25) is 11.8 Å². The van der Waals surface area contributed by atoms with Gasteiger partial charge in [0.05, 0.1) is 5.92 Å². The minimum absolute atomic E-state index is 0.0302. The second-order valence-corrected chi connectivity index (χ2v) is 6.95. The normalized spacial score (nSPS) is 19.0. The molecule has 1 aliphatic heterocycles. The van der Waals surface area contributed by atoms with E-state index in [1.165, 1.54) is 5.56 Å². The highest BCUT2D eigenvalue weighted by Crippen LogP contribution is 2.32. The van der Waals surface area contributed by atoms with Crippen molar-refractivity contribution < 1.29 is 9.32 Å². The van der Waals surface area contributed by atoms with E-state index in [9.17, 15) is 4.79 Å². The second kappa shape index (κ2) is 5.23. The highest BCUT2D eigenvalue weighted by molar-refractivity contribution is 5.96. The maximum Gasteiger partial charge on any atom is 0.232 e. The molecule has 5 heteroatoms. The Bertz CT molecular complexity index is 683. The molecule has 22 heavy (non-hydrogen) atoms. The van der Waals surface area contributed by atoms with Gasteiger partial charge in [-0.05, 0) is 19.1 Å². The molecule has 1 atom stereocenters. The van der Waals surface area contributed by atoms with Crippen LogP contribution in [0.25, 0.3) is 0 Å². The van der Waals surface area contributed by atoms with Gasteiger partial charge in [-0.15, -0.1) is 0 Å². The van der Waals surface area contributed by atoms with Gasteiger partial charge in [0.25, 0.3) is 0 Å². The number of carbonyl (C=O) groups is 1. The van der Waals surface area contributed by atoms with Gasteiger partial charge >= 0.3 is 0 Å². The van der Waals surface area contributed by atoms with E-state index in [-0.39, 0.29) is 17.2 Å². The first-order valence-electron chi connectivity index (χ1n) is 7.56. The van der Waals surface area contributed by atoms with Crippen molar-refractivity contribution in [3.63, 3.8) is 0 Å². The fourth-order valence-corrected chi connectivity index (χ4v) is 2.55. The lowest BCUT2D eigenvalue weighted by atomic mass is 9.96. The average Bonchev–Trinajstić information content (AvgIpc) is 3.05. The van der Waals surface area contributed by atoms with Gasteiger partial charge in [0, 0.05) is 24.1 Å². The minimum Gasteiger partial charge on any atom is -0.339 e. The number of amides is 1. The topological polar surface area (TPSA) is 59.2 Å². The summed E-state index contributed by atoms with van der Waals surface area (Å²) in [5.74, 6) is 1.32. The molecule has 0 bridgehead atoms. The Morgan fingerprint density at radius 1 is 1.23 bits per heavy atom. The standard InChI is InChI=1S/C17H21N3O2/c1-11-5-7-13(8-6-11)20-10-12(9-14(20)21)15-18-16(19-22-15)17(2,3)4/h5-8,12H,9-10H2,1-4H3. The van der Waals surface area contributed by atoms with Crippen molar-refractivity contribution in [1.29, 1.82) is 0 Å². The highest BCUT2D eigenvalue weighted by atomic mass is 16.5. The molecule has 0 spiro atoms. The second-order valence-electron chi connectivity index (χ2n) is 6.95. The van der Waals surface area contributed by atoms with E-state index >= 15 is 0 Å². The van der Waals surface area contributed by atoms with E-state index in [2.05, 4.69) is 10.1 Å². The van der Waals surface area contributed by atoms with Gasteiger partial charge < -0.3 is 9.42 Å². The van der Waals surface area contributed by atoms with Crippen molar-refractivity contribution in [2.45, 2.75) is 45.4 Å². The molecule has 0 radical (unpaired) electrons. The zero-order valence-electron chi connectivity index (χ0n) is 13.5. The summed E-state index contributed by atoms with van der Waals surface area (Å²) < 4.78 is 5.39. The van der Waals surface area contributed by atoms with Crippen LogP contribution in [0.5, 0.6) is 0 Å². The van der Waals surface area contributed by atoms with E-state index in [0.29, 0.717) is 24.7 Å². The molecule has 0 saturated carbocycles. The van der Waals surface area contributed by atoms with Gasteiger partial charge in [0.1, 0.15) is 0 Å². The number of benzene rings is 1. The molecule has 0 aliphatic carbocycles. The van der Waals surface area contributed by atoms with Crippen molar-refractivity contribution in [3.8, 4) is 0 Å². The molecule has 1 amide bonds. The van der Waals surface area contributed by atoms with Crippen molar-refractivity contribution in [1.82, 2.24) is 10.1 Å². The molecule has 2 aromatic rings. The minimum atomic E-state index is -0.152. The Labute approximate surface area is 130 Å². The molecular weight excluding hydrogens is 278 g/mol. The van der Waals surface area contributed by atoms with Crippen LogP contribution in [0.4, 0.5) is 5.69 Å². The third kappa shape index (κ3) is 2.75. The molecule has 2 heterocycles. The Morgan fingerprint density at radius 2 is 1.91 bits per heavy atom. The van der Waals surface area contributed by atoms with Gasteiger partial charge in [-0.1, -0.05) is 43.6 Å². The van der Waals surface area contributed by atoms with Crippen LogP contribution in [0.2, 0.25) is 0 Å². The summed E-state index contributed by atoms with van der Waals surface area (Å²) in [6.07, 6.45) is 0.416. The zero-order valence-corrected chi connectivity index (χ0v) is 13.5. The molecule has 1 aromatic carbocycles. The van der Waals surface area contributed by atoms with E-state index in [1.54, 1.807) is 4.90 Å². The van der Waals surface area contributed by atoms with E-state index in [1.807, 2.05) is 52.0 Å². The third-order valence-corrected chi connectivity index (χ3v) is 3.93. The molecule has 5 nitrogen and oxygen atoms in total. The zero-order chi connectivity index (χ0) is 15.9. The number of anilines is 1. The fraction of sp³-hybridized carbons (Fsp3) is 0.471. The van der Waals surface area contributed by atoms with Crippen molar-refractivity contribution in [3.05, 3.63) is 41.5 Å². The molecular formula is C17H21N3O2. The van der Waals surface area contributed by atoms with Crippen LogP contribution < -0.4 is 4.90 Å². The summed E-state index contributed by atoms with van der Waals surface area (Å²) >= 11 is 0. The molecule has 1 unspecified atom stereocenters. The predicted molar refractivity (Wildman–Crippen MR) is 83.9 cm³/mol. The lowest BCUT2D eigenvalue weighted by molar-refractivity contribution is -0.117. The van der Waals surface area contributed by atoms with E-state index < -0.39 is 0 Å². The molecule has 116 valence electrons. The van der Waals surface area contributed by atoms with Crippen LogP contribution >= 0.6 is 0 Å². The average molecular weight is 299 g/mol. The first-order chi connectivity index (χ1) is 10.3. The number of rotatable bonds is 2. The number of hydrogen-bond donors (Lipinski definition) is 0. The lowest BCUT2D eigenvalue weighted by Crippen LogP contribution is -2.24. The van der Waals surface area contributed by atoms with Gasteiger partial charge in [-0.3, -0.25) is 4.79 Å². The summed E-state index contributed by atoms with van der Waals surface area (Å²) in [4.78, 5) is 18.6. The number of nitrogens with zero attached hydrogens (tertiary/aromatic N) is 3. The van der Waals surface area contributed by atoms with Crippen LogP contribution in [0, 0.1) is 6.92 Å². The Morgan fingerprint density at radius 3 is 2.50 bits per heavy atom.